The first-order valence-corrected chi connectivity index (χ1v) is 11.4. The van der Waals surface area contributed by atoms with Gasteiger partial charge in [-0.2, -0.15) is 10.2 Å². The summed E-state index contributed by atoms with van der Waals surface area (Å²) in [5.74, 6) is 0.835. The van der Waals surface area contributed by atoms with Gasteiger partial charge in [-0.3, -0.25) is 10.1 Å². The van der Waals surface area contributed by atoms with Crippen molar-refractivity contribution >= 4 is 17.1 Å². The van der Waals surface area contributed by atoms with Crippen molar-refractivity contribution in [1.29, 1.82) is 0 Å². The van der Waals surface area contributed by atoms with E-state index >= 15 is 0 Å². The molecule has 1 aromatic heterocycles. The Morgan fingerprint density at radius 2 is 1.82 bits per heavy atom. The third-order valence-corrected chi connectivity index (χ3v) is 7.01. The molecule has 0 amide bonds. The van der Waals surface area contributed by atoms with Crippen LogP contribution in [0.5, 0.6) is 0 Å². The number of hydrogen-bond acceptors (Lipinski definition) is 5. The van der Waals surface area contributed by atoms with E-state index in [0.29, 0.717) is 0 Å². The first-order valence-electron chi connectivity index (χ1n) is 11.4. The lowest BCUT2D eigenvalue weighted by molar-refractivity contribution is 0.253. The van der Waals surface area contributed by atoms with Crippen molar-refractivity contribution in [2.24, 2.45) is 15.8 Å². The number of hydrazone groups is 1. The second-order valence-electron chi connectivity index (χ2n) is 8.99. The zero-order valence-corrected chi connectivity index (χ0v) is 18.4. The molecule has 0 spiro atoms. The molecule has 3 heterocycles. The monoisotopic (exact) mass is 434 g/mol. The van der Waals surface area contributed by atoms with Crippen LogP contribution in [-0.2, 0) is 5.54 Å². The van der Waals surface area contributed by atoms with E-state index in [4.69, 9.17) is 15.8 Å². The summed E-state index contributed by atoms with van der Waals surface area (Å²) in [4.78, 5) is 5.22. The summed E-state index contributed by atoms with van der Waals surface area (Å²) in [6, 6.07) is 21.0. The minimum atomic E-state index is -0.171. The van der Waals surface area contributed by atoms with E-state index in [9.17, 15) is 0 Å². The number of rotatable bonds is 5. The van der Waals surface area contributed by atoms with E-state index in [1.807, 2.05) is 23.2 Å². The second-order valence-corrected chi connectivity index (χ2v) is 8.99. The van der Waals surface area contributed by atoms with Gasteiger partial charge in [0.1, 0.15) is 12.1 Å². The van der Waals surface area contributed by atoms with Crippen molar-refractivity contribution in [3.05, 3.63) is 108 Å². The SMILES string of the molecule is C=CC1=NN2C(=NC(c3ccc(C4(N)CCC4)cc3)C2c2ccccc2)C(c2ccn[nH]2)=C1. The summed E-state index contributed by atoms with van der Waals surface area (Å²) in [6.07, 6.45) is 8.84. The summed E-state index contributed by atoms with van der Waals surface area (Å²) in [7, 11) is 0. The van der Waals surface area contributed by atoms with Crippen LogP contribution in [0.2, 0.25) is 0 Å². The molecule has 3 N–H and O–H groups in total. The molecule has 0 saturated heterocycles. The molecule has 2 atom stereocenters. The summed E-state index contributed by atoms with van der Waals surface area (Å²) in [5.41, 5.74) is 12.6. The lowest BCUT2D eigenvalue weighted by Crippen LogP contribution is -2.43. The highest BCUT2D eigenvalue weighted by Crippen LogP contribution is 2.46. The number of H-pyrrole nitrogens is 1. The van der Waals surface area contributed by atoms with E-state index in [1.165, 1.54) is 12.0 Å². The minimum absolute atomic E-state index is 0.0656. The number of nitrogens with two attached hydrogens (primary N) is 1. The van der Waals surface area contributed by atoms with E-state index in [2.05, 4.69) is 65.3 Å². The predicted molar refractivity (Wildman–Crippen MR) is 132 cm³/mol. The fourth-order valence-electron chi connectivity index (χ4n) is 4.99. The Morgan fingerprint density at radius 3 is 2.45 bits per heavy atom. The maximum absolute atomic E-state index is 6.56. The van der Waals surface area contributed by atoms with Gasteiger partial charge in [0.05, 0.1) is 11.4 Å². The van der Waals surface area contributed by atoms with Crippen LogP contribution in [0.3, 0.4) is 0 Å². The molecule has 0 radical (unpaired) electrons. The van der Waals surface area contributed by atoms with Crippen LogP contribution < -0.4 is 5.73 Å². The van der Waals surface area contributed by atoms with Crippen molar-refractivity contribution in [3.8, 4) is 0 Å². The molecule has 3 aliphatic rings. The quantitative estimate of drug-likeness (QED) is 0.600. The number of nitrogens with zero attached hydrogens (tertiary/aromatic N) is 4. The Hall–Kier alpha value is -3.77. The molecule has 1 aliphatic carbocycles. The van der Waals surface area contributed by atoms with Crippen molar-refractivity contribution in [1.82, 2.24) is 15.2 Å². The number of amidine groups is 1. The molecule has 1 fully saturated rings. The van der Waals surface area contributed by atoms with Gasteiger partial charge in [-0.05, 0) is 54.2 Å². The van der Waals surface area contributed by atoms with Gasteiger partial charge in [-0.25, -0.2) is 5.01 Å². The average molecular weight is 435 g/mol. The number of benzene rings is 2. The van der Waals surface area contributed by atoms with Crippen LogP contribution in [0.4, 0.5) is 0 Å². The lowest BCUT2D eigenvalue weighted by Gasteiger charge is -2.38. The van der Waals surface area contributed by atoms with Crippen LogP contribution in [0, 0.1) is 0 Å². The first kappa shape index (κ1) is 19.9. The zero-order valence-electron chi connectivity index (χ0n) is 18.4. The summed E-state index contributed by atoms with van der Waals surface area (Å²) in [6.45, 7) is 3.96. The fraction of sp³-hybridized carbons (Fsp3) is 0.222. The summed E-state index contributed by atoms with van der Waals surface area (Å²) < 4.78 is 0. The van der Waals surface area contributed by atoms with E-state index < -0.39 is 0 Å². The number of allylic oxidation sites excluding steroid dienone is 2. The molecular weight excluding hydrogens is 408 g/mol. The highest BCUT2D eigenvalue weighted by Gasteiger charge is 2.42. The summed E-state index contributed by atoms with van der Waals surface area (Å²) >= 11 is 0. The third kappa shape index (κ3) is 3.26. The molecule has 164 valence electrons. The van der Waals surface area contributed by atoms with Gasteiger partial charge in [-0.1, -0.05) is 61.2 Å². The number of fused-ring (bicyclic) bond motifs is 1. The van der Waals surface area contributed by atoms with Gasteiger partial charge in [0, 0.05) is 17.3 Å². The fourth-order valence-corrected chi connectivity index (χ4v) is 4.99. The Bertz CT molecular complexity index is 1260. The molecule has 1 saturated carbocycles. The van der Waals surface area contributed by atoms with Crippen molar-refractivity contribution in [2.45, 2.75) is 36.9 Å². The standard InChI is InChI=1S/C27H26N6/c1-2-21-17-22(23-13-16-29-31-23)26-30-24(25(33(26)32-21)19-7-4-3-5-8-19)18-9-11-20(12-10-18)27(28)14-6-15-27/h2-5,7-13,16-17,24-25H,1,6,14-15,28H2,(H,29,31). The lowest BCUT2D eigenvalue weighted by atomic mass is 9.72. The average Bonchev–Trinajstić information content (AvgIpc) is 3.51. The number of nitrogens with one attached hydrogen (secondary N) is 1. The normalized spacial score (nSPS) is 23.2. The number of aliphatic imine (C=N–C) groups is 1. The van der Waals surface area contributed by atoms with Crippen LogP contribution in [0.1, 0.15) is 53.7 Å². The van der Waals surface area contributed by atoms with Crippen molar-refractivity contribution in [3.63, 3.8) is 0 Å². The zero-order chi connectivity index (χ0) is 22.4. The molecule has 6 nitrogen and oxygen atoms in total. The highest BCUT2D eigenvalue weighted by molar-refractivity contribution is 6.30. The van der Waals surface area contributed by atoms with Crippen LogP contribution >= 0.6 is 0 Å². The Morgan fingerprint density at radius 1 is 1.03 bits per heavy atom. The topological polar surface area (TPSA) is 82.7 Å². The Labute approximate surface area is 193 Å². The molecule has 6 heteroatoms. The van der Waals surface area contributed by atoms with Crippen LogP contribution in [0.15, 0.2) is 95.7 Å². The van der Waals surface area contributed by atoms with E-state index in [-0.39, 0.29) is 17.6 Å². The van der Waals surface area contributed by atoms with Gasteiger partial charge >= 0.3 is 0 Å². The molecule has 2 unspecified atom stereocenters. The molecule has 6 rings (SSSR count). The minimum Gasteiger partial charge on any atom is -0.321 e. The maximum atomic E-state index is 6.56. The molecular formula is C27H26N6. The maximum Gasteiger partial charge on any atom is 0.155 e. The smallest absolute Gasteiger partial charge is 0.155 e. The highest BCUT2D eigenvalue weighted by atomic mass is 15.5. The molecule has 33 heavy (non-hydrogen) atoms. The first-order chi connectivity index (χ1) is 16.2. The van der Waals surface area contributed by atoms with Gasteiger partial charge < -0.3 is 5.73 Å². The van der Waals surface area contributed by atoms with Crippen LogP contribution in [0.25, 0.3) is 5.57 Å². The molecule has 2 aliphatic heterocycles. The molecule has 0 bridgehead atoms. The van der Waals surface area contributed by atoms with Gasteiger partial charge in [0.15, 0.2) is 5.84 Å². The van der Waals surface area contributed by atoms with E-state index in [1.54, 1.807) is 12.3 Å². The van der Waals surface area contributed by atoms with Crippen molar-refractivity contribution in [2.75, 3.05) is 0 Å². The summed E-state index contributed by atoms with van der Waals surface area (Å²) in [5, 5.41) is 14.2. The number of aromatic amines is 1. The number of aromatic nitrogens is 2. The molecule has 2 aromatic carbocycles. The molecule has 3 aromatic rings. The van der Waals surface area contributed by atoms with Gasteiger partial charge in [0.25, 0.3) is 0 Å². The predicted octanol–water partition coefficient (Wildman–Crippen LogP) is 4.88. The Balaban J connectivity index is 1.46. The van der Waals surface area contributed by atoms with Gasteiger partial charge in [-0.15, -0.1) is 0 Å². The second kappa shape index (κ2) is 7.67. The van der Waals surface area contributed by atoms with Crippen LogP contribution in [-0.4, -0.2) is 26.8 Å². The Kier molecular flexibility index (Phi) is 4.62. The van der Waals surface area contributed by atoms with E-state index in [0.717, 1.165) is 46.8 Å². The number of hydrogen-bond donors (Lipinski definition) is 2. The van der Waals surface area contributed by atoms with Crippen molar-refractivity contribution < 1.29 is 0 Å². The van der Waals surface area contributed by atoms with Gasteiger partial charge in [0.2, 0.25) is 0 Å². The largest absolute Gasteiger partial charge is 0.321 e. The third-order valence-electron chi connectivity index (χ3n) is 7.01.